The van der Waals surface area contributed by atoms with E-state index in [1.807, 2.05) is 47.8 Å². The Balaban J connectivity index is 1.20. The third-order valence-corrected chi connectivity index (χ3v) is 5.83. The minimum Gasteiger partial charge on any atom is -0.454 e. The monoisotopic (exact) mass is 476 g/mol. The van der Waals surface area contributed by atoms with Crippen molar-refractivity contribution < 1.29 is 14.3 Å². The summed E-state index contributed by atoms with van der Waals surface area (Å²) in [5, 5.41) is 10.7. The topological polar surface area (TPSA) is 84.8 Å². The molecule has 7 nitrogen and oxygen atoms in total. The number of nitrogens with zero attached hydrogens (tertiary/aromatic N) is 2. The van der Waals surface area contributed by atoms with Gasteiger partial charge in [-0.15, -0.1) is 11.3 Å². The van der Waals surface area contributed by atoms with Crippen molar-refractivity contribution in [3.8, 4) is 22.8 Å². The van der Waals surface area contributed by atoms with Crippen molar-refractivity contribution in [1.82, 2.24) is 10.4 Å². The zero-order chi connectivity index (χ0) is 22.6. The minimum absolute atomic E-state index is 0.212. The molecule has 1 aliphatic rings. The van der Waals surface area contributed by atoms with Gasteiger partial charge in [0.25, 0.3) is 5.91 Å². The highest BCUT2D eigenvalue weighted by Gasteiger charge is 2.12. The van der Waals surface area contributed by atoms with Crippen molar-refractivity contribution in [2.75, 3.05) is 12.1 Å². The third kappa shape index (κ3) is 4.97. The smallest absolute Gasteiger partial charge is 0.271 e. The molecule has 0 bridgehead atoms. The molecule has 0 radical (unpaired) electrons. The number of fused-ring (bicyclic) bond motifs is 1. The normalized spacial score (nSPS) is 12.2. The Kier molecular flexibility index (Phi) is 5.93. The molecule has 0 atom stereocenters. The number of amides is 1. The van der Waals surface area contributed by atoms with Crippen LogP contribution in [0.3, 0.4) is 0 Å². The van der Waals surface area contributed by atoms with E-state index in [9.17, 15) is 4.79 Å². The number of anilines is 2. The van der Waals surface area contributed by atoms with E-state index in [0.717, 1.165) is 27.6 Å². The molecule has 4 aromatic rings. The van der Waals surface area contributed by atoms with Gasteiger partial charge in [0.2, 0.25) is 6.79 Å². The van der Waals surface area contributed by atoms with Gasteiger partial charge >= 0.3 is 0 Å². The van der Waals surface area contributed by atoms with Crippen LogP contribution in [0.25, 0.3) is 11.3 Å². The van der Waals surface area contributed by atoms with Crippen molar-refractivity contribution in [2.45, 2.75) is 0 Å². The summed E-state index contributed by atoms with van der Waals surface area (Å²) in [5.41, 5.74) is 6.47. The lowest BCUT2D eigenvalue weighted by Crippen LogP contribution is -2.17. The summed E-state index contributed by atoms with van der Waals surface area (Å²) in [7, 11) is 0. The number of benzene rings is 3. The molecule has 1 aliphatic heterocycles. The van der Waals surface area contributed by atoms with Crippen LogP contribution in [0.2, 0.25) is 5.02 Å². The highest BCUT2D eigenvalue weighted by molar-refractivity contribution is 7.14. The van der Waals surface area contributed by atoms with Crippen LogP contribution in [0.5, 0.6) is 11.5 Å². The predicted octanol–water partition coefficient (Wildman–Crippen LogP) is 5.70. The molecule has 33 heavy (non-hydrogen) atoms. The van der Waals surface area contributed by atoms with Crippen molar-refractivity contribution in [2.24, 2.45) is 5.10 Å². The molecular weight excluding hydrogens is 460 g/mol. The van der Waals surface area contributed by atoms with E-state index in [2.05, 4.69) is 20.8 Å². The molecule has 2 N–H and O–H groups in total. The SMILES string of the molecule is O=C(N/N=C\c1ccc2c(c1)OCO2)c1ccc(-c2csc(Nc3ccc(Cl)cc3)n2)cc1. The molecule has 0 saturated heterocycles. The molecular formula is C24H17ClN4O3S. The second-order valence-corrected chi connectivity index (χ2v) is 8.35. The molecule has 0 saturated carbocycles. The number of carbonyl (C=O) groups is 1. The molecule has 5 rings (SSSR count). The Morgan fingerprint density at radius 1 is 1.03 bits per heavy atom. The van der Waals surface area contributed by atoms with Gasteiger partial charge in [0.15, 0.2) is 16.6 Å². The van der Waals surface area contributed by atoms with E-state index in [4.69, 9.17) is 21.1 Å². The van der Waals surface area contributed by atoms with Crippen molar-refractivity contribution in [3.05, 3.63) is 88.3 Å². The summed E-state index contributed by atoms with van der Waals surface area (Å²) in [4.78, 5) is 17.0. The fraction of sp³-hybridized carbons (Fsp3) is 0.0417. The molecule has 0 unspecified atom stereocenters. The maximum atomic E-state index is 12.4. The molecule has 0 fully saturated rings. The summed E-state index contributed by atoms with van der Waals surface area (Å²) >= 11 is 7.42. The lowest BCUT2D eigenvalue weighted by Gasteiger charge is -2.03. The van der Waals surface area contributed by atoms with Crippen LogP contribution < -0.4 is 20.2 Å². The highest BCUT2D eigenvalue weighted by atomic mass is 35.5. The lowest BCUT2D eigenvalue weighted by molar-refractivity contribution is 0.0955. The van der Waals surface area contributed by atoms with E-state index in [1.165, 1.54) is 11.3 Å². The van der Waals surface area contributed by atoms with Gasteiger partial charge in [-0.05, 0) is 60.2 Å². The number of hydrogen-bond donors (Lipinski definition) is 2. The van der Waals surface area contributed by atoms with Crippen LogP contribution in [0.4, 0.5) is 10.8 Å². The number of ether oxygens (including phenoxy) is 2. The summed E-state index contributed by atoms with van der Waals surface area (Å²) in [6, 6.07) is 20.1. The number of hydrogen-bond acceptors (Lipinski definition) is 7. The number of aromatic nitrogens is 1. The van der Waals surface area contributed by atoms with Gasteiger partial charge < -0.3 is 14.8 Å². The fourth-order valence-electron chi connectivity index (χ4n) is 3.14. The van der Waals surface area contributed by atoms with Gasteiger partial charge in [0, 0.05) is 27.2 Å². The molecule has 0 aliphatic carbocycles. The van der Waals surface area contributed by atoms with Gasteiger partial charge in [0.1, 0.15) is 0 Å². The standard InChI is InChI=1S/C24H17ClN4O3S/c25-18-6-8-19(9-7-18)27-24-28-20(13-33-24)16-2-4-17(5-3-16)23(30)29-26-12-15-1-10-21-22(11-15)32-14-31-21/h1-13H,14H2,(H,27,28)(H,29,30)/b26-12-. The lowest BCUT2D eigenvalue weighted by atomic mass is 10.1. The molecule has 3 aromatic carbocycles. The largest absolute Gasteiger partial charge is 0.454 e. The molecule has 1 aromatic heterocycles. The first-order valence-corrected chi connectivity index (χ1v) is 11.2. The average Bonchev–Trinajstić information content (AvgIpc) is 3.50. The molecule has 1 amide bonds. The number of halogens is 1. The third-order valence-electron chi connectivity index (χ3n) is 4.82. The van der Waals surface area contributed by atoms with E-state index in [1.54, 1.807) is 30.5 Å². The molecule has 9 heteroatoms. The van der Waals surface area contributed by atoms with Crippen LogP contribution in [0.1, 0.15) is 15.9 Å². The first-order valence-electron chi connectivity index (χ1n) is 9.96. The summed E-state index contributed by atoms with van der Waals surface area (Å²) < 4.78 is 10.6. The molecule has 2 heterocycles. The second kappa shape index (κ2) is 9.32. The number of hydrazone groups is 1. The highest BCUT2D eigenvalue weighted by Crippen LogP contribution is 2.32. The minimum atomic E-state index is -0.304. The van der Waals surface area contributed by atoms with Crippen molar-refractivity contribution >= 4 is 45.9 Å². The zero-order valence-electron chi connectivity index (χ0n) is 17.1. The van der Waals surface area contributed by atoms with Crippen molar-refractivity contribution in [3.63, 3.8) is 0 Å². The number of thiazole rings is 1. The summed E-state index contributed by atoms with van der Waals surface area (Å²) in [6.07, 6.45) is 1.55. The van der Waals surface area contributed by atoms with Gasteiger partial charge in [-0.2, -0.15) is 5.10 Å². The summed E-state index contributed by atoms with van der Waals surface area (Å²) in [5.74, 6) is 1.06. The fourth-order valence-corrected chi connectivity index (χ4v) is 4.00. The molecule has 0 spiro atoms. The van der Waals surface area contributed by atoms with Gasteiger partial charge in [-0.1, -0.05) is 23.7 Å². The van der Waals surface area contributed by atoms with Gasteiger partial charge in [-0.25, -0.2) is 10.4 Å². The Bertz CT molecular complexity index is 1320. The number of carbonyl (C=O) groups excluding carboxylic acids is 1. The first kappa shape index (κ1) is 21.0. The zero-order valence-corrected chi connectivity index (χ0v) is 18.7. The second-order valence-electron chi connectivity index (χ2n) is 7.06. The van der Waals surface area contributed by atoms with Crippen LogP contribution in [-0.4, -0.2) is 23.9 Å². The first-order chi connectivity index (χ1) is 16.1. The quantitative estimate of drug-likeness (QED) is 0.275. The molecule has 164 valence electrons. The maximum absolute atomic E-state index is 12.4. The Labute approximate surface area is 198 Å². The Morgan fingerprint density at radius 3 is 2.64 bits per heavy atom. The van der Waals surface area contributed by atoms with Crippen LogP contribution >= 0.6 is 22.9 Å². The van der Waals surface area contributed by atoms with E-state index in [0.29, 0.717) is 22.1 Å². The number of rotatable bonds is 6. The van der Waals surface area contributed by atoms with Crippen molar-refractivity contribution in [1.29, 1.82) is 0 Å². The van der Waals surface area contributed by atoms with Gasteiger partial charge in [-0.3, -0.25) is 4.79 Å². The Hall–Kier alpha value is -3.88. The number of nitrogens with one attached hydrogen (secondary N) is 2. The predicted molar refractivity (Wildman–Crippen MR) is 130 cm³/mol. The average molecular weight is 477 g/mol. The van der Waals surface area contributed by atoms with Gasteiger partial charge in [0.05, 0.1) is 11.9 Å². The van der Waals surface area contributed by atoms with Crippen LogP contribution in [-0.2, 0) is 0 Å². The van der Waals surface area contributed by atoms with E-state index >= 15 is 0 Å². The van der Waals surface area contributed by atoms with Crippen LogP contribution in [0.15, 0.2) is 77.2 Å². The van der Waals surface area contributed by atoms with E-state index in [-0.39, 0.29) is 12.7 Å². The maximum Gasteiger partial charge on any atom is 0.271 e. The summed E-state index contributed by atoms with van der Waals surface area (Å²) in [6.45, 7) is 0.212. The van der Waals surface area contributed by atoms with E-state index < -0.39 is 0 Å². The Morgan fingerprint density at radius 2 is 1.82 bits per heavy atom. The van der Waals surface area contributed by atoms with Crippen LogP contribution in [0, 0.1) is 0 Å².